The number of amides is 1. The fraction of sp³-hybridized carbons (Fsp3) is 0.812. The van der Waals surface area contributed by atoms with Gasteiger partial charge in [0.05, 0.1) is 18.8 Å². The van der Waals surface area contributed by atoms with Crippen molar-refractivity contribution >= 4 is 18.5 Å². The monoisotopic (exact) mass is 309 g/mol. The summed E-state index contributed by atoms with van der Waals surface area (Å²) >= 11 is 0. The minimum absolute atomic E-state index is 0.124. The lowest BCUT2D eigenvalue weighted by atomic mass is 10.1. The van der Waals surface area contributed by atoms with Gasteiger partial charge in [-0.05, 0) is 26.4 Å². The molecule has 3 aliphatic rings. The van der Waals surface area contributed by atoms with E-state index in [2.05, 4.69) is 27.2 Å². The largest absolute Gasteiger partial charge is 0.349 e. The van der Waals surface area contributed by atoms with Crippen molar-refractivity contribution in [2.24, 2.45) is 9.98 Å². The average Bonchev–Trinajstić information content (AvgIpc) is 3.16. The molecule has 1 N–H and O–H groups in total. The number of likely N-dealkylation sites (N-methyl/N-ethyl adjacent to an activating group) is 1. The molecule has 0 bridgehead atoms. The number of hydrogen-bond donors (Lipinski definition) is 1. The summed E-state index contributed by atoms with van der Waals surface area (Å²) < 4.78 is 0. The lowest BCUT2D eigenvalue weighted by Crippen LogP contribution is -2.47. The van der Waals surface area contributed by atoms with Crippen LogP contribution in [0.5, 0.6) is 0 Å². The van der Waals surface area contributed by atoms with Crippen molar-refractivity contribution in [1.82, 2.24) is 15.1 Å². The van der Waals surface area contributed by atoms with E-state index >= 15 is 0 Å². The molecule has 0 saturated carbocycles. The third-order valence-electron chi connectivity index (χ3n) is 4.07. The highest BCUT2D eigenvalue weighted by Gasteiger charge is 2.36. The Morgan fingerprint density at radius 3 is 2.59 bits per heavy atom. The summed E-state index contributed by atoms with van der Waals surface area (Å²) in [6.45, 7) is 10.9. The number of amidine groups is 1. The molecule has 3 unspecified atom stereocenters. The molecule has 1 saturated heterocycles. The molecule has 6 heteroatoms. The van der Waals surface area contributed by atoms with Gasteiger partial charge in [0.1, 0.15) is 12.0 Å². The first-order valence-corrected chi connectivity index (χ1v) is 8.54. The zero-order valence-corrected chi connectivity index (χ0v) is 14.6. The van der Waals surface area contributed by atoms with Crippen LogP contribution in [0.25, 0.3) is 0 Å². The van der Waals surface area contributed by atoms with Gasteiger partial charge in [0.2, 0.25) is 6.41 Å². The summed E-state index contributed by atoms with van der Waals surface area (Å²) in [7, 11) is 2.18. The van der Waals surface area contributed by atoms with Crippen molar-refractivity contribution in [2.45, 2.75) is 58.8 Å². The maximum absolute atomic E-state index is 10.4. The second-order valence-corrected chi connectivity index (χ2v) is 5.23. The van der Waals surface area contributed by atoms with Crippen molar-refractivity contribution in [1.29, 1.82) is 0 Å². The van der Waals surface area contributed by atoms with Crippen LogP contribution >= 0.6 is 0 Å². The number of carbonyl (C=O) groups excluding carboxylic acids is 1. The second-order valence-electron chi connectivity index (χ2n) is 5.23. The smallest absolute Gasteiger partial charge is 0.208 e. The number of nitrogens with one attached hydrogen (secondary N) is 1. The van der Waals surface area contributed by atoms with Gasteiger partial charge in [-0.3, -0.25) is 14.8 Å². The normalized spacial score (nSPS) is 29.6. The van der Waals surface area contributed by atoms with Crippen LogP contribution < -0.4 is 5.32 Å². The Bertz CT molecular complexity index is 396. The molecule has 0 aromatic carbocycles. The number of rotatable bonds is 3. The molecule has 22 heavy (non-hydrogen) atoms. The van der Waals surface area contributed by atoms with Gasteiger partial charge < -0.3 is 15.1 Å². The van der Waals surface area contributed by atoms with E-state index in [9.17, 15) is 4.79 Å². The van der Waals surface area contributed by atoms with Crippen LogP contribution in [-0.4, -0.2) is 73.2 Å². The summed E-state index contributed by atoms with van der Waals surface area (Å²) in [6.07, 6.45) is 4.88. The van der Waals surface area contributed by atoms with Gasteiger partial charge in [-0.15, -0.1) is 0 Å². The number of nitrogens with zero attached hydrogens (tertiary/aromatic N) is 4. The first-order valence-electron chi connectivity index (χ1n) is 8.54. The molecule has 3 atom stereocenters. The molecule has 1 amide bonds. The van der Waals surface area contributed by atoms with E-state index < -0.39 is 0 Å². The number of hydrogen-bond acceptors (Lipinski definition) is 5. The second kappa shape index (κ2) is 9.56. The number of fused-ring (bicyclic) bond motifs is 1. The maximum atomic E-state index is 10.4. The van der Waals surface area contributed by atoms with Gasteiger partial charge >= 0.3 is 0 Å². The average molecular weight is 309 g/mol. The van der Waals surface area contributed by atoms with E-state index in [0.717, 1.165) is 18.9 Å². The van der Waals surface area contributed by atoms with Crippen LogP contribution in [-0.2, 0) is 4.79 Å². The molecule has 6 nitrogen and oxygen atoms in total. The van der Waals surface area contributed by atoms with Gasteiger partial charge in [0.25, 0.3) is 0 Å². The van der Waals surface area contributed by atoms with Crippen molar-refractivity contribution < 1.29 is 4.79 Å². The van der Waals surface area contributed by atoms with E-state index in [1.807, 2.05) is 27.7 Å². The lowest BCUT2D eigenvalue weighted by molar-refractivity contribution is -0.110. The summed E-state index contributed by atoms with van der Waals surface area (Å²) in [4.78, 5) is 24.1. The SMILES string of the molecule is CC.CC.CN1CCCC1C1CN2CC(NC=O)N=CC2=N1. The van der Waals surface area contributed by atoms with Crippen molar-refractivity contribution in [3.63, 3.8) is 0 Å². The number of likely N-dealkylation sites (tertiary alicyclic amines) is 1. The Labute approximate surface area is 134 Å². The minimum Gasteiger partial charge on any atom is -0.349 e. The highest BCUT2D eigenvalue weighted by molar-refractivity contribution is 6.30. The van der Waals surface area contributed by atoms with Gasteiger partial charge in [-0.2, -0.15) is 0 Å². The topological polar surface area (TPSA) is 60.3 Å². The van der Waals surface area contributed by atoms with Crippen molar-refractivity contribution in [3.05, 3.63) is 0 Å². The van der Waals surface area contributed by atoms with Crippen LogP contribution in [0, 0.1) is 0 Å². The lowest BCUT2D eigenvalue weighted by Gasteiger charge is -2.28. The molecule has 3 rings (SSSR count). The first kappa shape index (κ1) is 18.6. The molecule has 1 fully saturated rings. The molecule has 0 aliphatic carbocycles. The molecule has 3 aliphatic heterocycles. The van der Waals surface area contributed by atoms with E-state index in [1.165, 1.54) is 19.4 Å². The third-order valence-corrected chi connectivity index (χ3v) is 4.07. The maximum Gasteiger partial charge on any atom is 0.208 e. The summed E-state index contributed by atoms with van der Waals surface area (Å²) in [6, 6.07) is 0.919. The summed E-state index contributed by atoms with van der Waals surface area (Å²) in [5.41, 5.74) is 0. The zero-order valence-electron chi connectivity index (χ0n) is 14.6. The molecular formula is C16H31N5O. The molecular weight excluding hydrogens is 278 g/mol. The number of carbonyl (C=O) groups is 1. The van der Waals surface area contributed by atoms with E-state index in [1.54, 1.807) is 6.21 Å². The zero-order chi connectivity index (χ0) is 16.5. The highest BCUT2D eigenvalue weighted by Crippen LogP contribution is 2.24. The van der Waals surface area contributed by atoms with E-state index in [4.69, 9.17) is 4.99 Å². The van der Waals surface area contributed by atoms with Gasteiger partial charge in [0.15, 0.2) is 0 Å². The first-order chi connectivity index (χ1) is 10.8. The molecule has 0 spiro atoms. The van der Waals surface area contributed by atoms with E-state index in [0.29, 0.717) is 18.5 Å². The van der Waals surface area contributed by atoms with Crippen molar-refractivity contribution in [3.8, 4) is 0 Å². The van der Waals surface area contributed by atoms with E-state index in [-0.39, 0.29) is 6.17 Å². The van der Waals surface area contributed by atoms with Gasteiger partial charge in [-0.25, -0.2) is 0 Å². The van der Waals surface area contributed by atoms with Gasteiger partial charge in [-0.1, -0.05) is 27.7 Å². The molecule has 3 heterocycles. The van der Waals surface area contributed by atoms with Crippen LogP contribution in [0.3, 0.4) is 0 Å². The molecule has 0 aromatic heterocycles. The molecule has 0 radical (unpaired) electrons. The van der Waals surface area contributed by atoms with Crippen LogP contribution in [0.4, 0.5) is 0 Å². The minimum atomic E-state index is -0.124. The molecule has 126 valence electrons. The fourth-order valence-corrected chi connectivity index (χ4v) is 3.11. The third kappa shape index (κ3) is 4.29. The predicted octanol–water partition coefficient (Wildman–Crippen LogP) is 1.37. The molecule has 0 aromatic rings. The van der Waals surface area contributed by atoms with Gasteiger partial charge in [0, 0.05) is 12.6 Å². The standard InChI is InChI=1S/C12H19N5O.2C2H6/c1-16-4-2-3-10(16)9-6-17-7-11(14-8-18)13-5-12(17)15-9;2*1-2/h5,8-11H,2-4,6-7H2,1H3,(H,14,18);2*1-2H3. The van der Waals surface area contributed by atoms with Crippen LogP contribution in [0.1, 0.15) is 40.5 Å². The fourth-order valence-electron chi connectivity index (χ4n) is 3.11. The summed E-state index contributed by atoms with van der Waals surface area (Å²) in [5, 5.41) is 2.70. The Morgan fingerprint density at radius 2 is 2.00 bits per heavy atom. The van der Waals surface area contributed by atoms with Crippen LogP contribution in [0.2, 0.25) is 0 Å². The highest BCUT2D eigenvalue weighted by atomic mass is 16.1. The Hall–Kier alpha value is -1.43. The predicted molar refractivity (Wildman–Crippen MR) is 92.6 cm³/mol. The Balaban J connectivity index is 0.000000561. The van der Waals surface area contributed by atoms with Crippen molar-refractivity contribution in [2.75, 3.05) is 26.7 Å². The number of aliphatic imine (C=N–C) groups is 2. The summed E-state index contributed by atoms with van der Waals surface area (Å²) in [5.74, 6) is 0.976. The Kier molecular flexibility index (Phi) is 8.09. The quantitative estimate of drug-likeness (QED) is 0.801. The Morgan fingerprint density at radius 1 is 1.27 bits per heavy atom. The van der Waals surface area contributed by atoms with Crippen LogP contribution in [0.15, 0.2) is 9.98 Å².